The third kappa shape index (κ3) is 5.99. The summed E-state index contributed by atoms with van der Waals surface area (Å²) in [5.74, 6) is 0.109. The van der Waals surface area contributed by atoms with Gasteiger partial charge in [-0.05, 0) is 55.0 Å². The number of pyridine rings is 1. The highest BCUT2D eigenvalue weighted by atomic mass is 35.5. The lowest BCUT2D eigenvalue weighted by Gasteiger charge is -2.15. The second-order valence-corrected chi connectivity index (χ2v) is 8.48. The number of benzene rings is 2. The molecule has 4 rings (SSSR count). The molecule has 2 aromatic heterocycles. The lowest BCUT2D eigenvalue weighted by atomic mass is 10.2. The smallest absolute Gasteiger partial charge is 0.354 e. The van der Waals surface area contributed by atoms with E-state index in [9.17, 15) is 14.4 Å². The molecule has 0 aliphatic rings. The molecule has 0 amide bonds. The summed E-state index contributed by atoms with van der Waals surface area (Å²) in [6, 6.07) is 16.7. The van der Waals surface area contributed by atoms with Crippen molar-refractivity contribution in [2.24, 2.45) is 0 Å². The minimum atomic E-state index is -0.652. The number of nitrogens with one attached hydrogen (secondary N) is 1. The maximum absolute atomic E-state index is 13.0. The molecule has 0 aliphatic heterocycles. The first-order valence-electron chi connectivity index (χ1n) is 11.0. The highest BCUT2D eigenvalue weighted by Crippen LogP contribution is 2.25. The molecule has 0 bridgehead atoms. The Morgan fingerprint density at radius 2 is 1.65 bits per heavy atom. The third-order valence-corrected chi connectivity index (χ3v) is 5.82. The van der Waals surface area contributed by atoms with E-state index in [1.54, 1.807) is 55.5 Å². The summed E-state index contributed by atoms with van der Waals surface area (Å²) in [7, 11) is 1.25. The van der Waals surface area contributed by atoms with Gasteiger partial charge in [-0.25, -0.2) is 23.9 Å². The number of ether oxygens (including phenoxy) is 2. The fourth-order valence-corrected chi connectivity index (χ4v) is 3.75. The molecule has 0 saturated heterocycles. The molecular formula is C25H21Cl2N5O5. The van der Waals surface area contributed by atoms with Gasteiger partial charge in [0.2, 0.25) is 11.8 Å². The van der Waals surface area contributed by atoms with Gasteiger partial charge in [-0.3, -0.25) is 4.57 Å². The molecule has 12 heteroatoms. The van der Waals surface area contributed by atoms with E-state index in [2.05, 4.69) is 20.0 Å². The zero-order valence-electron chi connectivity index (χ0n) is 19.8. The highest BCUT2D eigenvalue weighted by Gasteiger charge is 2.15. The van der Waals surface area contributed by atoms with Crippen molar-refractivity contribution in [2.45, 2.75) is 20.0 Å². The Hall–Kier alpha value is -4.15. The summed E-state index contributed by atoms with van der Waals surface area (Å²) >= 11 is 12.0. The Bertz CT molecular complexity index is 1550. The number of hydrogen-bond acceptors (Lipinski definition) is 8. The van der Waals surface area contributed by atoms with E-state index in [1.807, 2.05) is 0 Å². The number of methoxy groups -OCH3 is 1. The Labute approximate surface area is 221 Å². The summed E-state index contributed by atoms with van der Waals surface area (Å²) in [5.41, 5.74) is 0.354. The number of hydrogen-bond donors (Lipinski definition) is 1. The van der Waals surface area contributed by atoms with Crippen molar-refractivity contribution >= 4 is 40.8 Å². The van der Waals surface area contributed by atoms with Crippen LogP contribution in [0.25, 0.3) is 0 Å². The molecule has 2 heterocycles. The fourth-order valence-electron chi connectivity index (χ4n) is 3.40. The van der Waals surface area contributed by atoms with Crippen molar-refractivity contribution in [3.05, 3.63) is 103 Å². The van der Waals surface area contributed by atoms with Gasteiger partial charge in [0.25, 0.3) is 0 Å². The largest absolute Gasteiger partial charge is 0.465 e. The number of esters is 1. The van der Waals surface area contributed by atoms with E-state index < -0.39 is 17.3 Å². The van der Waals surface area contributed by atoms with E-state index >= 15 is 0 Å². The van der Waals surface area contributed by atoms with Crippen LogP contribution in [-0.2, 0) is 17.8 Å². The molecule has 10 nitrogen and oxygen atoms in total. The van der Waals surface area contributed by atoms with Crippen LogP contribution in [0.1, 0.15) is 22.8 Å². The van der Waals surface area contributed by atoms with Crippen LogP contribution in [-0.4, -0.2) is 32.2 Å². The van der Waals surface area contributed by atoms with Gasteiger partial charge in [-0.15, -0.1) is 0 Å². The molecule has 0 atom stereocenters. The van der Waals surface area contributed by atoms with Gasteiger partial charge in [0, 0.05) is 23.3 Å². The number of anilines is 2. The molecule has 190 valence electrons. The van der Waals surface area contributed by atoms with Crippen LogP contribution in [0.2, 0.25) is 10.2 Å². The van der Waals surface area contributed by atoms with Crippen LogP contribution >= 0.6 is 23.2 Å². The molecule has 0 unspecified atom stereocenters. The van der Waals surface area contributed by atoms with Crippen molar-refractivity contribution in [2.75, 3.05) is 12.4 Å². The number of nitrogens with zero attached hydrogens (tertiary/aromatic N) is 4. The number of aromatic nitrogens is 4. The van der Waals surface area contributed by atoms with Crippen LogP contribution in [0.4, 0.5) is 11.6 Å². The molecule has 0 spiro atoms. The minimum absolute atomic E-state index is 0.0471. The predicted molar refractivity (Wildman–Crippen MR) is 139 cm³/mol. The molecule has 1 N–H and O–H groups in total. The second kappa shape index (κ2) is 11.3. The molecule has 0 aliphatic carbocycles. The number of halogens is 2. The molecule has 2 aromatic carbocycles. The average molecular weight is 542 g/mol. The zero-order chi connectivity index (χ0) is 26.5. The summed E-state index contributed by atoms with van der Waals surface area (Å²) in [6.07, 6.45) is 0. The number of carbonyl (C=O) groups excluding carboxylic acids is 1. The van der Waals surface area contributed by atoms with E-state index in [4.69, 9.17) is 27.9 Å². The average Bonchev–Trinajstić information content (AvgIpc) is 2.88. The molecule has 37 heavy (non-hydrogen) atoms. The van der Waals surface area contributed by atoms with E-state index in [0.717, 1.165) is 10.1 Å². The zero-order valence-corrected chi connectivity index (χ0v) is 21.3. The standard InChI is InChI=1S/C25H21Cl2N5O5/c1-3-31-24(34)30-23(32(25(31)35)14-15-4-6-16(26)7-5-15)28-17-8-10-18(11-9-17)37-20-13-12-19(21(27)29-20)22(33)36-2/h4-13H,3,14H2,1-2H3,(H,28,30,34). The summed E-state index contributed by atoms with van der Waals surface area (Å²) in [5, 5.41) is 3.56. The Morgan fingerprint density at radius 1 is 0.946 bits per heavy atom. The first-order valence-corrected chi connectivity index (χ1v) is 11.8. The maximum Gasteiger partial charge on any atom is 0.354 e. The molecule has 0 saturated carbocycles. The third-order valence-electron chi connectivity index (χ3n) is 5.28. The fraction of sp³-hybridized carbons (Fsp3) is 0.160. The first-order chi connectivity index (χ1) is 17.8. The van der Waals surface area contributed by atoms with E-state index in [-0.39, 0.29) is 35.6 Å². The van der Waals surface area contributed by atoms with Crippen LogP contribution in [0.15, 0.2) is 70.3 Å². The van der Waals surface area contributed by atoms with E-state index in [1.165, 1.54) is 23.8 Å². The predicted octanol–water partition coefficient (Wildman–Crippen LogP) is 4.50. The van der Waals surface area contributed by atoms with Gasteiger partial charge >= 0.3 is 17.3 Å². The van der Waals surface area contributed by atoms with Gasteiger partial charge in [0.15, 0.2) is 0 Å². The van der Waals surface area contributed by atoms with Gasteiger partial charge in [0.05, 0.1) is 19.2 Å². The van der Waals surface area contributed by atoms with Crippen molar-refractivity contribution in [3.63, 3.8) is 0 Å². The second-order valence-electron chi connectivity index (χ2n) is 7.69. The lowest BCUT2D eigenvalue weighted by Crippen LogP contribution is -2.42. The van der Waals surface area contributed by atoms with Gasteiger partial charge in [-0.1, -0.05) is 35.3 Å². The summed E-state index contributed by atoms with van der Waals surface area (Å²) in [6.45, 7) is 2.07. The SMILES string of the molecule is CCn1c(=O)nc(Nc2ccc(Oc3ccc(C(=O)OC)c(Cl)n3)cc2)n(Cc2ccc(Cl)cc2)c1=O. The van der Waals surface area contributed by atoms with Gasteiger partial charge in [-0.2, -0.15) is 4.98 Å². The summed E-state index contributed by atoms with van der Waals surface area (Å²) < 4.78 is 12.8. The Kier molecular flexibility index (Phi) is 7.90. The maximum atomic E-state index is 13.0. The normalized spacial score (nSPS) is 10.7. The van der Waals surface area contributed by atoms with Crippen molar-refractivity contribution in [3.8, 4) is 11.6 Å². The first kappa shape index (κ1) is 25.9. The van der Waals surface area contributed by atoms with Crippen molar-refractivity contribution in [1.29, 1.82) is 0 Å². The number of carbonyl (C=O) groups is 1. The molecule has 0 fully saturated rings. The quantitative estimate of drug-likeness (QED) is 0.256. The Morgan fingerprint density at radius 3 is 2.27 bits per heavy atom. The lowest BCUT2D eigenvalue weighted by molar-refractivity contribution is 0.0600. The topological polar surface area (TPSA) is 117 Å². The number of rotatable bonds is 8. The van der Waals surface area contributed by atoms with Crippen LogP contribution < -0.4 is 21.4 Å². The molecule has 4 aromatic rings. The van der Waals surface area contributed by atoms with Gasteiger partial charge in [0.1, 0.15) is 10.9 Å². The van der Waals surface area contributed by atoms with E-state index in [0.29, 0.717) is 16.5 Å². The Balaban J connectivity index is 1.57. The monoisotopic (exact) mass is 541 g/mol. The molecular weight excluding hydrogens is 521 g/mol. The molecule has 0 radical (unpaired) electrons. The highest BCUT2D eigenvalue weighted by molar-refractivity contribution is 6.32. The van der Waals surface area contributed by atoms with Crippen molar-refractivity contribution in [1.82, 2.24) is 19.1 Å². The van der Waals surface area contributed by atoms with Crippen LogP contribution in [0.5, 0.6) is 11.6 Å². The van der Waals surface area contributed by atoms with Crippen molar-refractivity contribution < 1.29 is 14.3 Å². The van der Waals surface area contributed by atoms with Gasteiger partial charge < -0.3 is 14.8 Å². The van der Waals surface area contributed by atoms with Crippen LogP contribution in [0, 0.1) is 0 Å². The van der Waals surface area contributed by atoms with Crippen LogP contribution in [0.3, 0.4) is 0 Å². The minimum Gasteiger partial charge on any atom is -0.465 e. The summed E-state index contributed by atoms with van der Waals surface area (Å²) in [4.78, 5) is 45.2.